The molecule has 0 unspecified atom stereocenters. The van der Waals surface area contributed by atoms with Crippen LogP contribution in [0, 0.1) is 6.92 Å². The van der Waals surface area contributed by atoms with Crippen molar-refractivity contribution in [1.82, 2.24) is 10.2 Å². The molecule has 3 aromatic rings. The Morgan fingerprint density at radius 3 is 2.22 bits per heavy atom. The molecule has 1 atom stereocenters. The molecule has 0 aromatic heterocycles. The van der Waals surface area contributed by atoms with Crippen LogP contribution in [0.1, 0.15) is 16.7 Å². The second kappa shape index (κ2) is 12.6. The highest BCUT2D eigenvalue weighted by Crippen LogP contribution is 2.26. The summed E-state index contributed by atoms with van der Waals surface area (Å²) in [7, 11) is -2.33. The summed E-state index contributed by atoms with van der Waals surface area (Å²) in [6.45, 7) is 1.43. The first-order valence-electron chi connectivity index (χ1n) is 11.5. The van der Waals surface area contributed by atoms with E-state index in [1.165, 1.54) is 18.0 Å². The average molecular weight is 607 g/mol. The van der Waals surface area contributed by atoms with Gasteiger partial charge in [0.15, 0.2) is 0 Å². The zero-order valence-electron chi connectivity index (χ0n) is 20.8. The minimum atomic E-state index is -3.84. The summed E-state index contributed by atoms with van der Waals surface area (Å²) in [6, 6.07) is 20.7. The van der Waals surface area contributed by atoms with Crippen molar-refractivity contribution >= 4 is 55.1 Å². The van der Waals surface area contributed by atoms with Gasteiger partial charge >= 0.3 is 0 Å². The van der Waals surface area contributed by atoms with Crippen LogP contribution < -0.4 is 9.62 Å². The van der Waals surface area contributed by atoms with E-state index in [1.54, 1.807) is 19.1 Å². The Morgan fingerprint density at radius 2 is 1.65 bits per heavy atom. The van der Waals surface area contributed by atoms with Crippen LogP contribution in [0.5, 0.6) is 0 Å². The van der Waals surface area contributed by atoms with Gasteiger partial charge in [-0.15, -0.1) is 0 Å². The van der Waals surface area contributed by atoms with Crippen molar-refractivity contribution in [1.29, 1.82) is 0 Å². The smallest absolute Gasteiger partial charge is 0.244 e. The predicted octanol–water partition coefficient (Wildman–Crippen LogP) is 4.56. The zero-order chi connectivity index (χ0) is 27.2. The number of hydrogen-bond donors (Lipinski definition) is 1. The summed E-state index contributed by atoms with van der Waals surface area (Å²) < 4.78 is 27.4. The molecule has 0 heterocycles. The molecule has 1 N–H and O–H groups in total. The second-order valence-corrected chi connectivity index (χ2v) is 11.9. The van der Waals surface area contributed by atoms with E-state index in [1.807, 2.05) is 54.6 Å². The van der Waals surface area contributed by atoms with Crippen LogP contribution >= 0.6 is 27.5 Å². The van der Waals surface area contributed by atoms with Crippen molar-refractivity contribution in [2.24, 2.45) is 0 Å². The Labute approximate surface area is 231 Å². The maximum atomic E-state index is 13.8. The average Bonchev–Trinajstić information content (AvgIpc) is 2.87. The molecule has 0 aliphatic rings. The molecule has 37 heavy (non-hydrogen) atoms. The fourth-order valence-corrected chi connectivity index (χ4v) is 5.14. The molecule has 3 rings (SSSR count). The Kier molecular flexibility index (Phi) is 9.75. The fraction of sp³-hybridized carbons (Fsp3) is 0.259. The lowest BCUT2D eigenvalue weighted by molar-refractivity contribution is -0.139. The van der Waals surface area contributed by atoms with E-state index < -0.39 is 28.5 Å². The van der Waals surface area contributed by atoms with Crippen LogP contribution in [-0.4, -0.2) is 51.0 Å². The maximum absolute atomic E-state index is 13.8. The van der Waals surface area contributed by atoms with E-state index in [0.29, 0.717) is 5.02 Å². The quantitative estimate of drug-likeness (QED) is 0.367. The third kappa shape index (κ3) is 7.80. The van der Waals surface area contributed by atoms with E-state index in [2.05, 4.69) is 21.2 Å². The van der Waals surface area contributed by atoms with Crippen molar-refractivity contribution in [2.45, 2.75) is 25.9 Å². The number of likely N-dealkylation sites (N-methyl/N-ethyl adjacent to an activating group) is 1. The number of nitrogens with zero attached hydrogens (tertiary/aromatic N) is 2. The molecule has 0 saturated carbocycles. The van der Waals surface area contributed by atoms with Crippen molar-refractivity contribution in [2.75, 3.05) is 24.2 Å². The SMILES string of the molecule is CNC(=O)[C@@H](Cc1ccccc1)N(Cc1ccc(Br)cc1)C(=O)CN(c1ccc(C)c(Cl)c1)S(C)(=O)=O. The number of halogens is 2. The first-order chi connectivity index (χ1) is 17.5. The molecule has 196 valence electrons. The third-order valence-corrected chi connectivity index (χ3v) is 7.98. The molecule has 0 bridgehead atoms. The number of carbonyl (C=O) groups is 2. The minimum Gasteiger partial charge on any atom is -0.357 e. The number of hydrogen-bond acceptors (Lipinski definition) is 4. The zero-order valence-corrected chi connectivity index (χ0v) is 24.0. The van der Waals surface area contributed by atoms with Crippen LogP contribution in [0.15, 0.2) is 77.3 Å². The fourth-order valence-electron chi connectivity index (χ4n) is 3.86. The highest BCUT2D eigenvalue weighted by atomic mass is 79.9. The molecular formula is C27H29BrClN3O4S. The van der Waals surface area contributed by atoms with Crippen molar-refractivity contribution in [3.63, 3.8) is 0 Å². The Balaban J connectivity index is 2.03. The highest BCUT2D eigenvalue weighted by Gasteiger charge is 2.32. The first kappa shape index (κ1) is 28.7. The number of carbonyl (C=O) groups excluding carboxylic acids is 2. The van der Waals surface area contributed by atoms with Crippen molar-refractivity contribution < 1.29 is 18.0 Å². The summed E-state index contributed by atoms with van der Waals surface area (Å²) in [5, 5.41) is 3.04. The van der Waals surface area contributed by atoms with Crippen LogP contribution in [0.25, 0.3) is 0 Å². The topological polar surface area (TPSA) is 86.8 Å². The third-order valence-electron chi connectivity index (χ3n) is 5.91. The number of anilines is 1. The van der Waals surface area contributed by atoms with Gasteiger partial charge in [0.2, 0.25) is 21.8 Å². The normalized spacial score (nSPS) is 12.0. The van der Waals surface area contributed by atoms with Crippen LogP contribution in [0.2, 0.25) is 5.02 Å². The maximum Gasteiger partial charge on any atom is 0.244 e. The Hall–Kier alpha value is -2.88. The number of aryl methyl sites for hydroxylation is 1. The number of sulfonamides is 1. The van der Waals surface area contributed by atoms with Gasteiger partial charge in [-0.25, -0.2) is 8.42 Å². The summed E-state index contributed by atoms with van der Waals surface area (Å²) >= 11 is 9.67. The van der Waals surface area contributed by atoms with Crippen LogP contribution in [0.3, 0.4) is 0 Å². The van der Waals surface area contributed by atoms with Crippen LogP contribution in [-0.2, 0) is 32.6 Å². The largest absolute Gasteiger partial charge is 0.357 e. The number of benzene rings is 3. The van der Waals surface area contributed by atoms with Gasteiger partial charge in [0.05, 0.1) is 11.9 Å². The second-order valence-electron chi connectivity index (χ2n) is 8.67. The van der Waals surface area contributed by atoms with Gasteiger partial charge in [-0.3, -0.25) is 13.9 Å². The van der Waals surface area contributed by atoms with Gasteiger partial charge in [0.25, 0.3) is 0 Å². The minimum absolute atomic E-state index is 0.114. The number of nitrogens with one attached hydrogen (secondary N) is 1. The van der Waals surface area contributed by atoms with Gasteiger partial charge in [-0.05, 0) is 47.9 Å². The predicted molar refractivity (Wildman–Crippen MR) is 151 cm³/mol. The van der Waals surface area contributed by atoms with Crippen molar-refractivity contribution in [3.05, 3.63) is 99.0 Å². The number of amides is 2. The molecule has 7 nitrogen and oxygen atoms in total. The Bertz CT molecular complexity index is 1350. The van der Waals surface area contributed by atoms with E-state index >= 15 is 0 Å². The molecule has 0 fully saturated rings. The molecule has 0 saturated heterocycles. The molecular weight excluding hydrogens is 578 g/mol. The van der Waals surface area contributed by atoms with E-state index in [9.17, 15) is 18.0 Å². The number of rotatable bonds is 10. The van der Waals surface area contributed by atoms with Gasteiger partial charge in [-0.1, -0.05) is 76.1 Å². The standard InChI is InChI=1S/C27H29BrClN3O4S/c1-19-9-14-23(16-24(19)29)32(37(3,35)36)18-26(33)31(17-21-10-12-22(28)13-11-21)25(27(34)30-2)15-20-7-5-4-6-8-20/h4-14,16,25H,15,17-18H2,1-3H3,(H,30,34)/t25-/m1/s1. The van der Waals surface area contributed by atoms with Gasteiger partial charge in [0, 0.05) is 29.5 Å². The summed E-state index contributed by atoms with van der Waals surface area (Å²) in [4.78, 5) is 28.4. The molecule has 3 aromatic carbocycles. The first-order valence-corrected chi connectivity index (χ1v) is 14.5. The summed E-state index contributed by atoms with van der Waals surface area (Å²) in [6.07, 6.45) is 1.30. The molecule has 2 amide bonds. The molecule has 0 aliphatic heterocycles. The van der Waals surface area contributed by atoms with E-state index in [0.717, 1.165) is 31.7 Å². The molecule has 10 heteroatoms. The van der Waals surface area contributed by atoms with Crippen molar-refractivity contribution in [3.8, 4) is 0 Å². The van der Waals surface area contributed by atoms with E-state index in [4.69, 9.17) is 11.6 Å². The monoisotopic (exact) mass is 605 g/mol. The lowest BCUT2D eigenvalue weighted by Gasteiger charge is -2.33. The summed E-state index contributed by atoms with van der Waals surface area (Å²) in [5.74, 6) is -0.867. The Morgan fingerprint density at radius 1 is 1.00 bits per heavy atom. The molecule has 0 spiro atoms. The van der Waals surface area contributed by atoms with Gasteiger partial charge in [0.1, 0.15) is 12.6 Å². The van der Waals surface area contributed by atoms with Gasteiger partial charge < -0.3 is 10.2 Å². The highest BCUT2D eigenvalue weighted by molar-refractivity contribution is 9.10. The summed E-state index contributed by atoms with van der Waals surface area (Å²) in [5.41, 5.74) is 2.72. The lowest BCUT2D eigenvalue weighted by Crippen LogP contribution is -2.52. The van der Waals surface area contributed by atoms with Crippen LogP contribution in [0.4, 0.5) is 5.69 Å². The molecule has 0 radical (unpaired) electrons. The lowest BCUT2D eigenvalue weighted by atomic mass is 10.0. The molecule has 0 aliphatic carbocycles. The van der Waals surface area contributed by atoms with Gasteiger partial charge in [-0.2, -0.15) is 0 Å². The van der Waals surface area contributed by atoms with E-state index in [-0.39, 0.29) is 24.6 Å².